The molecule has 1 aromatic carbocycles. The maximum Gasteiger partial charge on any atom is 0.268 e. The number of sulfonamides is 1. The second kappa shape index (κ2) is 5.24. The molecule has 7 heteroatoms. The van der Waals surface area contributed by atoms with Crippen molar-refractivity contribution in [3.8, 4) is 0 Å². The van der Waals surface area contributed by atoms with Crippen molar-refractivity contribution in [2.45, 2.75) is 32.2 Å². The molecule has 0 atom stereocenters. The molecule has 0 saturated carbocycles. The first kappa shape index (κ1) is 14.5. The number of anilines is 1. The van der Waals surface area contributed by atoms with Gasteiger partial charge in [0.25, 0.3) is 10.0 Å². The second-order valence-corrected chi connectivity index (χ2v) is 6.25. The number of aryl methyl sites for hydroxylation is 3. The Morgan fingerprint density at radius 1 is 1.25 bits per heavy atom. The Morgan fingerprint density at radius 3 is 2.35 bits per heavy atom. The van der Waals surface area contributed by atoms with Gasteiger partial charge in [-0.1, -0.05) is 6.07 Å². The molecule has 20 heavy (non-hydrogen) atoms. The van der Waals surface area contributed by atoms with Crippen molar-refractivity contribution in [1.29, 1.82) is 0 Å². The molecule has 0 aliphatic heterocycles. The summed E-state index contributed by atoms with van der Waals surface area (Å²) in [6.45, 7) is 5.68. The van der Waals surface area contributed by atoms with E-state index in [-0.39, 0.29) is 6.54 Å². The van der Waals surface area contributed by atoms with E-state index in [0.717, 1.165) is 22.0 Å². The van der Waals surface area contributed by atoms with Crippen molar-refractivity contribution >= 4 is 15.7 Å². The molecule has 0 aliphatic carbocycles. The molecular formula is C13H16FN3O2S. The number of hydrogen-bond donors (Lipinski definition) is 1. The topological polar surface area (TPSA) is 64.0 Å². The molecule has 0 unspecified atom stereocenters. The van der Waals surface area contributed by atoms with Gasteiger partial charge in [-0.25, -0.2) is 13.1 Å². The Labute approximate surface area is 117 Å². The largest absolute Gasteiger partial charge is 0.279 e. The predicted octanol–water partition coefficient (Wildman–Crippen LogP) is 2.46. The second-order valence-electron chi connectivity index (χ2n) is 4.60. The highest BCUT2D eigenvalue weighted by Crippen LogP contribution is 2.20. The van der Waals surface area contributed by atoms with Crippen molar-refractivity contribution in [2.75, 3.05) is 4.72 Å². The molecule has 0 saturated heterocycles. The maximum absolute atomic E-state index is 13.9. The molecule has 1 N–H and O–H groups in total. The van der Waals surface area contributed by atoms with Crippen molar-refractivity contribution in [3.05, 3.63) is 41.5 Å². The van der Waals surface area contributed by atoms with Gasteiger partial charge >= 0.3 is 0 Å². The van der Waals surface area contributed by atoms with Crippen LogP contribution in [-0.2, 0) is 16.6 Å². The van der Waals surface area contributed by atoms with Gasteiger partial charge in [-0.05, 0) is 44.0 Å². The van der Waals surface area contributed by atoms with Gasteiger partial charge in [-0.15, -0.1) is 0 Å². The number of halogens is 1. The van der Waals surface area contributed by atoms with E-state index in [1.54, 1.807) is 19.1 Å². The van der Waals surface area contributed by atoms with Crippen LogP contribution in [0.25, 0.3) is 0 Å². The fraction of sp³-hybridized carbons (Fsp3) is 0.308. The predicted molar refractivity (Wildman–Crippen MR) is 74.6 cm³/mol. The number of nitrogens with zero attached hydrogens (tertiary/aromatic N) is 2. The highest BCUT2D eigenvalue weighted by atomic mass is 32.2. The number of benzene rings is 1. The minimum atomic E-state index is -3.98. The third kappa shape index (κ3) is 2.82. The highest BCUT2D eigenvalue weighted by Gasteiger charge is 2.23. The first-order chi connectivity index (χ1) is 9.33. The van der Waals surface area contributed by atoms with E-state index < -0.39 is 20.9 Å². The number of aromatic nitrogens is 2. The Kier molecular flexibility index (Phi) is 3.80. The first-order valence-electron chi connectivity index (χ1n) is 6.16. The van der Waals surface area contributed by atoms with Crippen molar-refractivity contribution < 1.29 is 12.8 Å². The minimum Gasteiger partial charge on any atom is -0.279 e. The molecule has 1 heterocycles. The van der Waals surface area contributed by atoms with E-state index in [1.165, 1.54) is 0 Å². The Morgan fingerprint density at radius 2 is 1.85 bits per heavy atom. The van der Waals surface area contributed by atoms with Gasteiger partial charge in [0.15, 0.2) is 4.90 Å². The van der Waals surface area contributed by atoms with Crippen LogP contribution in [0.15, 0.2) is 29.3 Å². The lowest BCUT2D eigenvalue weighted by atomic mass is 10.1. The van der Waals surface area contributed by atoms with Gasteiger partial charge < -0.3 is 0 Å². The summed E-state index contributed by atoms with van der Waals surface area (Å²) in [6, 6.07) is 5.30. The zero-order valence-electron chi connectivity index (χ0n) is 11.5. The molecule has 0 bridgehead atoms. The molecule has 108 valence electrons. The van der Waals surface area contributed by atoms with Gasteiger partial charge in [0.1, 0.15) is 0 Å². The summed E-state index contributed by atoms with van der Waals surface area (Å²) in [5, 5.41) is 3.70. The summed E-state index contributed by atoms with van der Waals surface area (Å²) >= 11 is 0. The summed E-state index contributed by atoms with van der Waals surface area (Å²) in [5.74, 6) is -0.857. The highest BCUT2D eigenvalue weighted by molar-refractivity contribution is 7.92. The van der Waals surface area contributed by atoms with Crippen LogP contribution in [0.4, 0.5) is 10.1 Å². The molecule has 0 spiro atoms. The van der Waals surface area contributed by atoms with Crippen LogP contribution in [0.1, 0.15) is 18.1 Å². The van der Waals surface area contributed by atoms with Crippen LogP contribution in [0.3, 0.4) is 0 Å². The number of rotatable bonds is 4. The molecule has 0 fully saturated rings. The Balaban J connectivity index is 2.38. The molecule has 0 radical (unpaired) electrons. The molecule has 2 aromatic rings. The van der Waals surface area contributed by atoms with Crippen LogP contribution in [0.5, 0.6) is 0 Å². The van der Waals surface area contributed by atoms with Gasteiger partial charge in [0.2, 0.25) is 5.95 Å². The molecular weight excluding hydrogens is 281 g/mol. The van der Waals surface area contributed by atoms with Gasteiger partial charge in [-0.3, -0.25) is 4.72 Å². The molecule has 2 rings (SSSR count). The van der Waals surface area contributed by atoms with Gasteiger partial charge in [0.05, 0.1) is 6.20 Å². The van der Waals surface area contributed by atoms with Crippen LogP contribution < -0.4 is 4.72 Å². The summed E-state index contributed by atoms with van der Waals surface area (Å²) in [4.78, 5) is -0.446. The van der Waals surface area contributed by atoms with Gasteiger partial charge in [0, 0.05) is 12.2 Å². The monoisotopic (exact) mass is 297 g/mol. The molecule has 0 amide bonds. The standard InChI is InChI=1S/C13H16FN3O2S/c1-4-17-13(14)12(8-15-17)20(18,19)16-11-6-9(2)5-10(3)7-11/h5-8,16H,4H2,1-3H3. The van der Waals surface area contributed by atoms with Crippen molar-refractivity contribution in [1.82, 2.24) is 9.78 Å². The fourth-order valence-corrected chi connectivity index (χ4v) is 3.05. The smallest absolute Gasteiger partial charge is 0.268 e. The van der Waals surface area contributed by atoms with E-state index in [0.29, 0.717) is 5.69 Å². The Hall–Kier alpha value is -1.89. The van der Waals surface area contributed by atoms with Gasteiger partial charge in [-0.2, -0.15) is 9.49 Å². The third-order valence-corrected chi connectivity index (χ3v) is 4.16. The van der Waals surface area contributed by atoms with Crippen LogP contribution in [-0.4, -0.2) is 18.2 Å². The van der Waals surface area contributed by atoms with E-state index in [9.17, 15) is 12.8 Å². The fourth-order valence-electron chi connectivity index (χ4n) is 2.00. The zero-order chi connectivity index (χ0) is 14.9. The number of nitrogens with one attached hydrogen (secondary N) is 1. The van der Waals surface area contributed by atoms with Crippen LogP contribution >= 0.6 is 0 Å². The van der Waals surface area contributed by atoms with E-state index in [1.807, 2.05) is 19.9 Å². The molecule has 1 aromatic heterocycles. The third-order valence-electron chi connectivity index (χ3n) is 2.81. The lowest BCUT2D eigenvalue weighted by molar-refractivity contribution is 0.455. The first-order valence-corrected chi connectivity index (χ1v) is 7.64. The maximum atomic E-state index is 13.9. The minimum absolute atomic E-state index is 0.269. The van der Waals surface area contributed by atoms with Crippen LogP contribution in [0, 0.1) is 19.8 Å². The lowest BCUT2D eigenvalue weighted by Gasteiger charge is -2.08. The van der Waals surface area contributed by atoms with E-state index >= 15 is 0 Å². The van der Waals surface area contributed by atoms with Crippen LogP contribution in [0.2, 0.25) is 0 Å². The van der Waals surface area contributed by atoms with Crippen molar-refractivity contribution in [2.24, 2.45) is 0 Å². The van der Waals surface area contributed by atoms with E-state index in [4.69, 9.17) is 0 Å². The number of hydrogen-bond acceptors (Lipinski definition) is 3. The molecule has 0 aliphatic rings. The Bertz CT molecular complexity index is 718. The average Bonchev–Trinajstić information content (AvgIpc) is 2.68. The van der Waals surface area contributed by atoms with E-state index in [2.05, 4.69) is 9.82 Å². The molecule has 5 nitrogen and oxygen atoms in total. The summed E-state index contributed by atoms with van der Waals surface area (Å²) < 4.78 is 41.6. The summed E-state index contributed by atoms with van der Waals surface area (Å²) in [5.41, 5.74) is 2.26. The normalized spacial score (nSPS) is 11.6. The van der Waals surface area contributed by atoms with Crippen molar-refractivity contribution in [3.63, 3.8) is 0 Å². The quantitative estimate of drug-likeness (QED) is 0.943. The summed E-state index contributed by atoms with van der Waals surface area (Å²) in [6.07, 6.45) is 1.02. The lowest BCUT2D eigenvalue weighted by Crippen LogP contribution is -2.14. The average molecular weight is 297 g/mol. The zero-order valence-corrected chi connectivity index (χ0v) is 12.3. The summed E-state index contributed by atoms with van der Waals surface area (Å²) in [7, 11) is -3.98. The SMILES string of the molecule is CCn1ncc(S(=O)(=O)Nc2cc(C)cc(C)c2)c1F.